The smallest absolute Gasteiger partial charge is 0.194 e. The Morgan fingerprint density at radius 1 is 1.37 bits per heavy atom. The summed E-state index contributed by atoms with van der Waals surface area (Å²) in [6, 6.07) is 0. The SMILES string of the molecule is CCNC(=NCc1cn2ccsc2n1)N1CCC(OCCCOC)CC1.I. The Balaban J connectivity index is 0.00000261. The van der Waals surface area contributed by atoms with E-state index in [1.54, 1.807) is 18.4 Å². The highest BCUT2D eigenvalue weighted by Crippen LogP contribution is 2.15. The third-order valence-corrected chi connectivity index (χ3v) is 5.23. The topological polar surface area (TPSA) is 63.4 Å². The first-order chi connectivity index (χ1) is 12.8. The van der Waals surface area contributed by atoms with Gasteiger partial charge in [-0.05, 0) is 26.2 Å². The van der Waals surface area contributed by atoms with Crippen molar-refractivity contribution in [2.45, 2.75) is 38.8 Å². The molecule has 0 spiro atoms. The van der Waals surface area contributed by atoms with Crippen molar-refractivity contribution < 1.29 is 9.47 Å². The van der Waals surface area contributed by atoms with Gasteiger partial charge in [0.05, 0.1) is 18.3 Å². The zero-order valence-electron chi connectivity index (χ0n) is 16.1. The number of piperidine rings is 1. The molecule has 3 heterocycles. The fraction of sp³-hybridized carbons (Fsp3) is 0.667. The highest BCUT2D eigenvalue weighted by molar-refractivity contribution is 14.0. The quantitative estimate of drug-likeness (QED) is 0.258. The summed E-state index contributed by atoms with van der Waals surface area (Å²) in [5, 5.41) is 5.45. The minimum Gasteiger partial charge on any atom is -0.385 e. The van der Waals surface area contributed by atoms with E-state index in [1.165, 1.54) is 0 Å². The van der Waals surface area contributed by atoms with E-state index >= 15 is 0 Å². The number of methoxy groups -OCH3 is 1. The first kappa shape index (κ1) is 22.4. The lowest BCUT2D eigenvalue weighted by Crippen LogP contribution is -2.47. The highest BCUT2D eigenvalue weighted by Gasteiger charge is 2.21. The molecular formula is C18H30IN5O2S. The van der Waals surface area contributed by atoms with E-state index in [-0.39, 0.29) is 24.0 Å². The van der Waals surface area contributed by atoms with Crippen LogP contribution in [0.15, 0.2) is 22.8 Å². The van der Waals surface area contributed by atoms with E-state index < -0.39 is 0 Å². The Labute approximate surface area is 182 Å². The fourth-order valence-corrected chi connectivity index (χ4v) is 3.84. The molecule has 9 heteroatoms. The van der Waals surface area contributed by atoms with Crippen LogP contribution < -0.4 is 5.32 Å². The maximum absolute atomic E-state index is 5.95. The van der Waals surface area contributed by atoms with Gasteiger partial charge in [0, 0.05) is 57.7 Å². The number of fused-ring (bicyclic) bond motifs is 1. The van der Waals surface area contributed by atoms with Gasteiger partial charge >= 0.3 is 0 Å². The number of guanidine groups is 1. The Morgan fingerprint density at radius 3 is 2.89 bits per heavy atom. The van der Waals surface area contributed by atoms with Crippen molar-refractivity contribution in [2.75, 3.05) is 40.0 Å². The number of hydrogen-bond acceptors (Lipinski definition) is 5. The highest BCUT2D eigenvalue weighted by atomic mass is 127. The first-order valence-corrected chi connectivity index (χ1v) is 10.2. The van der Waals surface area contributed by atoms with Crippen molar-refractivity contribution in [2.24, 2.45) is 4.99 Å². The number of thiazole rings is 1. The lowest BCUT2D eigenvalue weighted by Gasteiger charge is -2.34. The average Bonchev–Trinajstić information content (AvgIpc) is 3.25. The Morgan fingerprint density at radius 2 is 2.19 bits per heavy atom. The fourth-order valence-electron chi connectivity index (χ4n) is 3.12. The molecule has 0 atom stereocenters. The summed E-state index contributed by atoms with van der Waals surface area (Å²) >= 11 is 1.65. The lowest BCUT2D eigenvalue weighted by molar-refractivity contribution is 0.00990. The molecule has 0 bridgehead atoms. The van der Waals surface area contributed by atoms with E-state index in [1.807, 2.05) is 11.6 Å². The van der Waals surface area contributed by atoms with Crippen molar-refractivity contribution in [3.05, 3.63) is 23.5 Å². The third-order valence-electron chi connectivity index (χ3n) is 4.46. The van der Waals surface area contributed by atoms with Gasteiger partial charge in [-0.15, -0.1) is 35.3 Å². The molecule has 0 aliphatic carbocycles. The van der Waals surface area contributed by atoms with Crippen LogP contribution in [0.5, 0.6) is 0 Å². The van der Waals surface area contributed by atoms with Gasteiger partial charge in [0.2, 0.25) is 0 Å². The number of ether oxygens (including phenoxy) is 2. The monoisotopic (exact) mass is 507 g/mol. The van der Waals surface area contributed by atoms with Crippen LogP contribution in [0.4, 0.5) is 0 Å². The van der Waals surface area contributed by atoms with Gasteiger partial charge in [-0.1, -0.05) is 0 Å². The van der Waals surface area contributed by atoms with Crippen molar-refractivity contribution in [1.82, 2.24) is 19.6 Å². The summed E-state index contributed by atoms with van der Waals surface area (Å²) in [7, 11) is 1.73. The molecule has 0 saturated carbocycles. The number of aromatic nitrogens is 2. The zero-order valence-corrected chi connectivity index (χ0v) is 19.2. The number of aliphatic imine (C=N–C) groups is 1. The molecule has 2 aromatic rings. The third kappa shape index (κ3) is 6.58. The van der Waals surface area contributed by atoms with E-state index in [9.17, 15) is 0 Å². The zero-order chi connectivity index (χ0) is 18.2. The standard InChI is InChI=1S/C18H29N5O2S.HI/c1-3-19-17(20-13-15-14-23-9-12-26-18(23)21-15)22-7-5-16(6-8-22)25-11-4-10-24-2;/h9,12,14,16H,3-8,10-11,13H2,1-2H3,(H,19,20);1H. The molecule has 0 aromatic carbocycles. The van der Waals surface area contributed by atoms with Gasteiger partial charge in [-0.25, -0.2) is 9.98 Å². The number of nitrogens with zero attached hydrogens (tertiary/aromatic N) is 4. The van der Waals surface area contributed by atoms with Gasteiger partial charge in [0.1, 0.15) is 0 Å². The second-order valence-electron chi connectivity index (χ2n) is 6.40. The predicted octanol–water partition coefficient (Wildman–Crippen LogP) is 3.00. The minimum absolute atomic E-state index is 0. The maximum atomic E-state index is 5.95. The Bertz CT molecular complexity index is 668. The van der Waals surface area contributed by atoms with Gasteiger partial charge in [-0.2, -0.15) is 0 Å². The van der Waals surface area contributed by atoms with Crippen LogP contribution in [0.1, 0.15) is 31.9 Å². The normalized spacial score (nSPS) is 15.9. The van der Waals surface area contributed by atoms with Gasteiger partial charge in [0.25, 0.3) is 0 Å². The average molecular weight is 507 g/mol. The lowest BCUT2D eigenvalue weighted by atomic mass is 10.1. The summed E-state index contributed by atoms with van der Waals surface area (Å²) < 4.78 is 13.1. The summed E-state index contributed by atoms with van der Waals surface area (Å²) in [4.78, 5) is 12.8. The molecule has 7 nitrogen and oxygen atoms in total. The van der Waals surface area contributed by atoms with Crippen LogP contribution in [0.2, 0.25) is 0 Å². The number of rotatable bonds is 8. The van der Waals surface area contributed by atoms with Crippen molar-refractivity contribution in [1.29, 1.82) is 0 Å². The predicted molar refractivity (Wildman–Crippen MR) is 120 cm³/mol. The minimum atomic E-state index is 0. The second kappa shape index (κ2) is 11.8. The Hall–Kier alpha value is -0.910. The van der Waals surface area contributed by atoms with Crippen molar-refractivity contribution in [3.8, 4) is 0 Å². The molecule has 1 aliphatic rings. The van der Waals surface area contributed by atoms with E-state index in [0.29, 0.717) is 12.6 Å². The van der Waals surface area contributed by atoms with Crippen LogP contribution in [-0.2, 0) is 16.0 Å². The molecule has 1 N–H and O–H groups in total. The molecule has 1 saturated heterocycles. The van der Waals surface area contributed by atoms with Crippen LogP contribution >= 0.6 is 35.3 Å². The Kier molecular flexibility index (Phi) is 9.80. The molecule has 0 amide bonds. The first-order valence-electron chi connectivity index (χ1n) is 9.35. The molecule has 0 radical (unpaired) electrons. The maximum Gasteiger partial charge on any atom is 0.194 e. The van der Waals surface area contributed by atoms with Crippen LogP contribution in [0, 0.1) is 0 Å². The van der Waals surface area contributed by atoms with Gasteiger partial charge in [0.15, 0.2) is 10.9 Å². The molecule has 27 heavy (non-hydrogen) atoms. The molecule has 1 fully saturated rings. The van der Waals surface area contributed by atoms with Gasteiger partial charge in [-0.3, -0.25) is 4.40 Å². The van der Waals surface area contributed by atoms with E-state index in [0.717, 1.165) is 68.7 Å². The largest absolute Gasteiger partial charge is 0.385 e. The molecule has 2 aromatic heterocycles. The number of imidazole rings is 1. The van der Waals surface area contributed by atoms with Crippen molar-refractivity contribution >= 4 is 46.2 Å². The molecule has 152 valence electrons. The van der Waals surface area contributed by atoms with Crippen LogP contribution in [-0.4, -0.2) is 66.3 Å². The summed E-state index contributed by atoms with van der Waals surface area (Å²) in [5.41, 5.74) is 1.00. The summed E-state index contributed by atoms with van der Waals surface area (Å²) in [6.07, 6.45) is 7.48. The second-order valence-corrected chi connectivity index (χ2v) is 7.27. The summed E-state index contributed by atoms with van der Waals surface area (Å²) in [5.74, 6) is 0.974. The van der Waals surface area contributed by atoms with Gasteiger partial charge < -0.3 is 19.7 Å². The number of nitrogens with one attached hydrogen (secondary N) is 1. The van der Waals surface area contributed by atoms with E-state index in [2.05, 4.69) is 32.7 Å². The number of likely N-dealkylation sites (tertiary alicyclic amines) is 1. The molecular weight excluding hydrogens is 477 g/mol. The molecule has 0 unspecified atom stereocenters. The molecule has 3 rings (SSSR count). The number of hydrogen-bond donors (Lipinski definition) is 1. The molecule has 1 aliphatic heterocycles. The van der Waals surface area contributed by atoms with Crippen LogP contribution in [0.25, 0.3) is 4.96 Å². The van der Waals surface area contributed by atoms with Crippen LogP contribution in [0.3, 0.4) is 0 Å². The summed E-state index contributed by atoms with van der Waals surface area (Å²) in [6.45, 7) is 7.06. The van der Waals surface area contributed by atoms with E-state index in [4.69, 9.17) is 14.5 Å². The number of halogens is 1. The van der Waals surface area contributed by atoms with Crippen molar-refractivity contribution in [3.63, 3.8) is 0 Å².